The molecule has 0 spiro atoms. The molecule has 36 heavy (non-hydrogen) atoms. The van der Waals surface area contributed by atoms with Crippen LogP contribution in [0.2, 0.25) is 0 Å². The Morgan fingerprint density at radius 3 is 2.69 bits per heavy atom. The smallest absolute Gasteiger partial charge is 0.311 e. The molecule has 0 radical (unpaired) electrons. The van der Waals surface area contributed by atoms with E-state index in [-0.39, 0.29) is 18.8 Å². The number of hydrogen-bond donors (Lipinski definition) is 0. The second kappa shape index (κ2) is 11.3. The zero-order valence-corrected chi connectivity index (χ0v) is 20.9. The summed E-state index contributed by atoms with van der Waals surface area (Å²) in [6.45, 7) is 5.47. The molecule has 0 unspecified atom stereocenters. The SMILES string of the molecule is CCOC(=O)Cc1cccc(-c2nc(-c3onc(C)c3CC(=O)O[C@H](C)c3ccccc3F)cs2)c1. The van der Waals surface area contributed by atoms with E-state index in [4.69, 9.17) is 14.0 Å². The molecule has 4 aromatic rings. The van der Waals surface area contributed by atoms with Gasteiger partial charge in [-0.3, -0.25) is 9.59 Å². The topological polar surface area (TPSA) is 91.5 Å². The van der Waals surface area contributed by atoms with Crippen molar-refractivity contribution in [3.8, 4) is 22.0 Å². The average molecular weight is 509 g/mol. The maximum Gasteiger partial charge on any atom is 0.311 e. The third-order valence-electron chi connectivity index (χ3n) is 5.52. The van der Waals surface area contributed by atoms with Gasteiger partial charge in [-0.15, -0.1) is 11.3 Å². The summed E-state index contributed by atoms with van der Waals surface area (Å²) in [4.78, 5) is 29.2. The maximum absolute atomic E-state index is 14.0. The predicted molar refractivity (Wildman–Crippen MR) is 133 cm³/mol. The summed E-state index contributed by atoms with van der Waals surface area (Å²) < 4.78 is 30.0. The summed E-state index contributed by atoms with van der Waals surface area (Å²) in [5, 5.41) is 6.57. The van der Waals surface area contributed by atoms with Crippen LogP contribution in [-0.4, -0.2) is 28.7 Å². The van der Waals surface area contributed by atoms with Crippen molar-refractivity contribution in [3.63, 3.8) is 0 Å². The molecule has 0 fully saturated rings. The van der Waals surface area contributed by atoms with Gasteiger partial charge in [0.1, 0.15) is 22.6 Å². The minimum atomic E-state index is -0.741. The molecule has 7 nitrogen and oxygen atoms in total. The van der Waals surface area contributed by atoms with Gasteiger partial charge in [0.15, 0.2) is 5.76 Å². The van der Waals surface area contributed by atoms with Crippen molar-refractivity contribution >= 4 is 23.3 Å². The number of hydrogen-bond acceptors (Lipinski definition) is 8. The summed E-state index contributed by atoms with van der Waals surface area (Å²) >= 11 is 1.41. The third kappa shape index (κ3) is 5.85. The Kier molecular flexibility index (Phi) is 7.90. The van der Waals surface area contributed by atoms with Gasteiger partial charge in [-0.1, -0.05) is 41.6 Å². The average Bonchev–Trinajstić information content (AvgIpc) is 3.47. The minimum absolute atomic E-state index is 0.0919. The minimum Gasteiger partial charge on any atom is -0.466 e. The van der Waals surface area contributed by atoms with E-state index in [2.05, 4.69) is 10.1 Å². The fourth-order valence-electron chi connectivity index (χ4n) is 3.75. The first-order chi connectivity index (χ1) is 17.4. The number of ether oxygens (including phenoxy) is 2. The van der Waals surface area contributed by atoms with Crippen molar-refractivity contribution in [3.05, 3.63) is 82.1 Å². The molecule has 0 bridgehead atoms. The molecule has 2 heterocycles. The van der Waals surface area contributed by atoms with E-state index in [0.717, 1.165) is 16.1 Å². The number of aryl methyl sites for hydroxylation is 1. The molecule has 0 N–H and O–H groups in total. The highest BCUT2D eigenvalue weighted by atomic mass is 32.1. The molecular formula is C27H25FN2O5S. The van der Waals surface area contributed by atoms with Gasteiger partial charge in [-0.25, -0.2) is 9.37 Å². The van der Waals surface area contributed by atoms with Crippen molar-refractivity contribution < 1.29 is 28.0 Å². The van der Waals surface area contributed by atoms with Crippen molar-refractivity contribution in [2.45, 2.75) is 39.7 Å². The number of rotatable bonds is 9. The first kappa shape index (κ1) is 25.2. The van der Waals surface area contributed by atoms with E-state index < -0.39 is 17.9 Å². The Morgan fingerprint density at radius 2 is 1.92 bits per heavy atom. The monoisotopic (exact) mass is 508 g/mol. The molecule has 2 aromatic carbocycles. The van der Waals surface area contributed by atoms with Crippen LogP contribution in [0, 0.1) is 12.7 Å². The van der Waals surface area contributed by atoms with Crippen molar-refractivity contribution in [1.29, 1.82) is 0 Å². The Hall–Kier alpha value is -3.85. The number of carbonyl (C=O) groups excluding carboxylic acids is 2. The largest absolute Gasteiger partial charge is 0.466 e. The van der Waals surface area contributed by atoms with E-state index in [1.165, 1.54) is 17.4 Å². The summed E-state index contributed by atoms with van der Waals surface area (Å²) in [6, 6.07) is 13.7. The van der Waals surface area contributed by atoms with Gasteiger partial charge < -0.3 is 14.0 Å². The standard InChI is InChI=1S/C27H25FN2O5S/c1-4-33-24(31)13-18-8-7-9-19(12-18)27-29-23(15-36-27)26-21(16(2)30-35-26)14-25(32)34-17(3)20-10-5-6-11-22(20)28/h5-12,15,17H,4,13-14H2,1-3H3/t17-/m1/s1. The Balaban J connectivity index is 1.50. The predicted octanol–water partition coefficient (Wildman–Crippen LogP) is 5.87. The van der Waals surface area contributed by atoms with Gasteiger partial charge in [0.2, 0.25) is 0 Å². The van der Waals surface area contributed by atoms with Crippen LogP contribution < -0.4 is 0 Å². The lowest BCUT2D eigenvalue weighted by molar-refractivity contribution is -0.148. The summed E-state index contributed by atoms with van der Waals surface area (Å²) in [7, 11) is 0. The molecule has 0 aliphatic carbocycles. The van der Waals surface area contributed by atoms with Crippen LogP contribution in [0.25, 0.3) is 22.0 Å². The van der Waals surface area contributed by atoms with Crippen molar-refractivity contribution in [2.24, 2.45) is 0 Å². The highest BCUT2D eigenvalue weighted by Crippen LogP contribution is 2.33. The number of thiazole rings is 1. The van der Waals surface area contributed by atoms with Crippen molar-refractivity contribution in [2.75, 3.05) is 6.61 Å². The quantitative estimate of drug-likeness (QED) is 0.261. The summed E-state index contributed by atoms with van der Waals surface area (Å²) in [5.74, 6) is -0.859. The summed E-state index contributed by atoms with van der Waals surface area (Å²) in [5.41, 5.74) is 3.63. The zero-order valence-electron chi connectivity index (χ0n) is 20.1. The molecule has 186 valence electrons. The van der Waals surface area contributed by atoms with Crippen LogP contribution in [0.3, 0.4) is 0 Å². The first-order valence-corrected chi connectivity index (χ1v) is 12.3. The highest BCUT2D eigenvalue weighted by molar-refractivity contribution is 7.13. The van der Waals surface area contributed by atoms with Crippen LogP contribution in [0.15, 0.2) is 58.4 Å². The molecule has 1 atom stereocenters. The van der Waals surface area contributed by atoms with E-state index in [1.54, 1.807) is 39.0 Å². The first-order valence-electron chi connectivity index (χ1n) is 11.5. The second-order valence-electron chi connectivity index (χ2n) is 8.13. The van der Waals surface area contributed by atoms with Crippen molar-refractivity contribution in [1.82, 2.24) is 10.1 Å². The zero-order chi connectivity index (χ0) is 25.7. The number of aromatic nitrogens is 2. The lowest BCUT2D eigenvalue weighted by Crippen LogP contribution is -2.13. The normalized spacial score (nSPS) is 11.8. The van der Waals surface area contributed by atoms with Crippen LogP contribution >= 0.6 is 11.3 Å². The van der Waals surface area contributed by atoms with Gasteiger partial charge >= 0.3 is 11.9 Å². The van der Waals surface area contributed by atoms with Crippen LogP contribution in [-0.2, 0) is 31.9 Å². The van der Waals surface area contributed by atoms with Crippen LogP contribution in [0.5, 0.6) is 0 Å². The van der Waals surface area contributed by atoms with E-state index in [0.29, 0.717) is 34.9 Å². The number of benzene rings is 2. The van der Waals surface area contributed by atoms with Gasteiger partial charge in [-0.05, 0) is 38.5 Å². The van der Waals surface area contributed by atoms with Crippen LogP contribution in [0.4, 0.5) is 4.39 Å². The molecule has 0 amide bonds. The van der Waals surface area contributed by atoms with Crippen LogP contribution in [0.1, 0.15) is 42.3 Å². The molecule has 0 saturated carbocycles. The molecule has 9 heteroatoms. The van der Waals surface area contributed by atoms with Gasteiger partial charge in [-0.2, -0.15) is 0 Å². The fourth-order valence-corrected chi connectivity index (χ4v) is 4.55. The van der Waals surface area contributed by atoms with Gasteiger partial charge in [0, 0.05) is 22.1 Å². The Morgan fingerprint density at radius 1 is 1.11 bits per heavy atom. The maximum atomic E-state index is 14.0. The molecule has 0 aliphatic rings. The highest BCUT2D eigenvalue weighted by Gasteiger charge is 2.23. The molecule has 2 aromatic heterocycles. The molecule has 0 aliphatic heterocycles. The van der Waals surface area contributed by atoms with E-state index in [1.807, 2.05) is 29.6 Å². The lowest BCUT2D eigenvalue weighted by Gasteiger charge is -2.14. The third-order valence-corrected chi connectivity index (χ3v) is 6.41. The van der Waals surface area contributed by atoms with Gasteiger partial charge in [0.25, 0.3) is 0 Å². The van der Waals surface area contributed by atoms with Gasteiger partial charge in [0.05, 0.1) is 25.1 Å². The number of esters is 2. The second-order valence-corrected chi connectivity index (χ2v) is 8.98. The van der Waals surface area contributed by atoms with E-state index >= 15 is 0 Å². The Bertz CT molecular complexity index is 1380. The molecule has 0 saturated heterocycles. The fraction of sp³-hybridized carbons (Fsp3) is 0.259. The number of carbonyl (C=O) groups is 2. The lowest BCUT2D eigenvalue weighted by atomic mass is 10.1. The van der Waals surface area contributed by atoms with E-state index in [9.17, 15) is 14.0 Å². The molecular weight excluding hydrogens is 483 g/mol. The Labute approximate surface area is 211 Å². The molecule has 4 rings (SSSR count). The summed E-state index contributed by atoms with van der Waals surface area (Å²) in [6.07, 6.45) is -0.653. The number of halogens is 1. The number of nitrogens with zero attached hydrogens (tertiary/aromatic N) is 2.